The number of rotatable bonds is 2. The van der Waals surface area contributed by atoms with Gasteiger partial charge in [-0.25, -0.2) is 0 Å². The summed E-state index contributed by atoms with van der Waals surface area (Å²) in [7, 11) is 0. The van der Waals surface area contributed by atoms with Crippen LogP contribution < -0.4 is 4.74 Å². The second-order valence-electron chi connectivity index (χ2n) is 11.4. The number of benzene rings is 7. The third-order valence-electron chi connectivity index (χ3n) is 9.08. The molecule has 0 spiro atoms. The maximum Gasteiger partial charge on any atom is 0.160 e. The molecule has 9 aromatic rings. The molecule has 0 unspecified atom stereocenters. The average Bonchev–Trinajstić information content (AvgIpc) is 3.58. The van der Waals surface area contributed by atoms with Gasteiger partial charge in [-0.05, 0) is 70.9 Å². The maximum atomic E-state index is 6.70. The summed E-state index contributed by atoms with van der Waals surface area (Å²) in [6.45, 7) is 0. The third-order valence-corrected chi connectivity index (χ3v) is 9.08. The number of fused-ring (bicyclic) bond motifs is 9. The number of nitrogens with zero attached hydrogens (tertiary/aromatic N) is 2. The lowest BCUT2D eigenvalue weighted by molar-refractivity contribution is 0.478. The predicted molar refractivity (Wildman–Crippen MR) is 178 cm³/mol. The van der Waals surface area contributed by atoms with Gasteiger partial charge in [-0.15, -0.1) is 0 Å². The summed E-state index contributed by atoms with van der Waals surface area (Å²) in [6, 6.07) is 52.3. The highest BCUT2D eigenvalue weighted by Gasteiger charge is 2.26. The number of aromatic nitrogens is 2. The predicted octanol–water partition coefficient (Wildman–Crippen LogP) is 10.8. The van der Waals surface area contributed by atoms with E-state index in [9.17, 15) is 0 Å². The lowest BCUT2D eigenvalue weighted by Crippen LogP contribution is -2.05. The van der Waals surface area contributed by atoms with Gasteiger partial charge in [0.25, 0.3) is 0 Å². The molecule has 0 bridgehead atoms. The quantitative estimate of drug-likeness (QED) is 0.210. The van der Waals surface area contributed by atoms with Crippen molar-refractivity contribution in [2.75, 3.05) is 0 Å². The molecule has 7 aromatic carbocycles. The highest BCUT2D eigenvalue weighted by atomic mass is 16.5. The van der Waals surface area contributed by atoms with E-state index in [1.807, 2.05) is 6.07 Å². The molecule has 43 heavy (non-hydrogen) atoms. The molecule has 200 valence electrons. The summed E-state index contributed by atoms with van der Waals surface area (Å²) in [4.78, 5) is 0. The topological polar surface area (TPSA) is 19.1 Å². The van der Waals surface area contributed by atoms with Gasteiger partial charge in [-0.1, -0.05) is 91.0 Å². The molecule has 10 rings (SSSR count). The van der Waals surface area contributed by atoms with Gasteiger partial charge in [0.15, 0.2) is 11.5 Å². The van der Waals surface area contributed by atoms with Crippen molar-refractivity contribution in [3.63, 3.8) is 0 Å². The molecule has 0 amide bonds. The molecule has 1 aliphatic heterocycles. The van der Waals surface area contributed by atoms with Crippen LogP contribution in [0.3, 0.4) is 0 Å². The summed E-state index contributed by atoms with van der Waals surface area (Å²) >= 11 is 0. The van der Waals surface area contributed by atoms with Gasteiger partial charge in [0.2, 0.25) is 0 Å². The lowest BCUT2D eigenvalue weighted by Gasteiger charge is -2.23. The minimum Gasteiger partial charge on any atom is -0.452 e. The van der Waals surface area contributed by atoms with Crippen LogP contribution in [-0.4, -0.2) is 9.13 Å². The molecule has 0 fully saturated rings. The van der Waals surface area contributed by atoms with Gasteiger partial charge >= 0.3 is 0 Å². The highest BCUT2D eigenvalue weighted by molar-refractivity contribution is 6.15. The normalized spacial score (nSPS) is 12.4. The Kier molecular flexibility index (Phi) is 4.45. The fraction of sp³-hybridized carbons (Fsp3) is 0. The fourth-order valence-electron chi connectivity index (χ4n) is 7.17. The Bertz CT molecular complexity index is 2580. The summed E-state index contributed by atoms with van der Waals surface area (Å²) in [5.41, 5.74) is 9.17. The second-order valence-corrected chi connectivity index (χ2v) is 11.4. The van der Waals surface area contributed by atoms with Crippen LogP contribution in [0.2, 0.25) is 0 Å². The Morgan fingerprint density at radius 3 is 1.91 bits per heavy atom. The van der Waals surface area contributed by atoms with Crippen molar-refractivity contribution in [1.82, 2.24) is 9.13 Å². The Balaban J connectivity index is 1.19. The minimum atomic E-state index is 0.874. The van der Waals surface area contributed by atoms with E-state index in [-0.39, 0.29) is 0 Å². The molecule has 0 atom stereocenters. The van der Waals surface area contributed by atoms with Crippen LogP contribution >= 0.6 is 0 Å². The first-order chi connectivity index (χ1) is 21.3. The van der Waals surface area contributed by atoms with Gasteiger partial charge in [-0.2, -0.15) is 0 Å². The molecule has 3 heterocycles. The maximum absolute atomic E-state index is 6.70. The first-order valence-corrected chi connectivity index (χ1v) is 14.7. The fourth-order valence-corrected chi connectivity index (χ4v) is 7.17. The van der Waals surface area contributed by atoms with Crippen LogP contribution in [0.4, 0.5) is 0 Å². The molecule has 0 N–H and O–H groups in total. The largest absolute Gasteiger partial charge is 0.452 e. The van der Waals surface area contributed by atoms with E-state index >= 15 is 0 Å². The molecule has 0 aliphatic carbocycles. The van der Waals surface area contributed by atoms with E-state index in [0.29, 0.717) is 0 Å². The van der Waals surface area contributed by atoms with E-state index in [0.717, 1.165) is 39.5 Å². The molecule has 3 heteroatoms. The average molecular weight is 549 g/mol. The zero-order valence-corrected chi connectivity index (χ0v) is 23.2. The van der Waals surface area contributed by atoms with Crippen LogP contribution in [-0.2, 0) is 0 Å². The minimum absolute atomic E-state index is 0.874. The Morgan fingerprint density at radius 2 is 1.09 bits per heavy atom. The van der Waals surface area contributed by atoms with Crippen LogP contribution in [0.5, 0.6) is 11.5 Å². The second kappa shape index (κ2) is 8.37. The first kappa shape index (κ1) is 22.8. The van der Waals surface area contributed by atoms with Gasteiger partial charge in [-0.3, -0.25) is 0 Å². The summed E-state index contributed by atoms with van der Waals surface area (Å²) in [5.74, 6) is 1.78. The number of hydrogen-bond donors (Lipinski definition) is 0. The molecule has 0 saturated carbocycles. The van der Waals surface area contributed by atoms with E-state index in [1.165, 1.54) is 48.9 Å². The van der Waals surface area contributed by atoms with Crippen molar-refractivity contribution in [2.24, 2.45) is 0 Å². The highest BCUT2D eigenvalue weighted by Crippen LogP contribution is 2.49. The van der Waals surface area contributed by atoms with E-state index < -0.39 is 0 Å². The molecule has 1 aliphatic rings. The van der Waals surface area contributed by atoms with Crippen molar-refractivity contribution >= 4 is 54.4 Å². The van der Waals surface area contributed by atoms with Crippen LogP contribution in [0, 0.1) is 0 Å². The van der Waals surface area contributed by atoms with Crippen molar-refractivity contribution in [3.8, 4) is 34.0 Å². The Morgan fingerprint density at radius 1 is 0.442 bits per heavy atom. The van der Waals surface area contributed by atoms with Crippen molar-refractivity contribution < 1.29 is 4.74 Å². The monoisotopic (exact) mass is 548 g/mol. The smallest absolute Gasteiger partial charge is 0.160 e. The van der Waals surface area contributed by atoms with Crippen molar-refractivity contribution in [3.05, 3.63) is 146 Å². The Labute approximate surface area is 247 Å². The summed E-state index contributed by atoms with van der Waals surface area (Å²) < 4.78 is 11.4. The van der Waals surface area contributed by atoms with E-state index in [4.69, 9.17) is 4.74 Å². The third kappa shape index (κ3) is 3.08. The number of para-hydroxylation sites is 4. The molecule has 2 aromatic heterocycles. The molecule has 0 saturated heterocycles. The summed E-state index contributed by atoms with van der Waals surface area (Å²) in [6.07, 6.45) is 0. The Hall–Kier alpha value is -5.80. The van der Waals surface area contributed by atoms with Gasteiger partial charge in [0.05, 0.1) is 27.8 Å². The number of hydrogen-bond acceptors (Lipinski definition) is 1. The van der Waals surface area contributed by atoms with Crippen LogP contribution in [0.1, 0.15) is 0 Å². The molecular formula is C40H24N2O. The zero-order chi connectivity index (χ0) is 28.1. The van der Waals surface area contributed by atoms with E-state index in [1.54, 1.807) is 0 Å². The van der Waals surface area contributed by atoms with Gasteiger partial charge in [0.1, 0.15) is 0 Å². The molecule has 0 radical (unpaired) electrons. The lowest BCUT2D eigenvalue weighted by atomic mass is 10.0. The summed E-state index contributed by atoms with van der Waals surface area (Å²) in [5, 5.41) is 7.49. The first-order valence-electron chi connectivity index (χ1n) is 14.7. The molecule has 3 nitrogen and oxygen atoms in total. The van der Waals surface area contributed by atoms with Gasteiger partial charge in [0, 0.05) is 32.8 Å². The van der Waals surface area contributed by atoms with Crippen LogP contribution in [0.25, 0.3) is 76.9 Å². The standard InChI is InChI=1S/C40H24N2O/c1-2-10-27-24-37-33(23-26(27)9-1)31-12-4-5-13-34(31)41(37)28-19-17-25(18-20-28)29-21-22-32-30-11-3-6-14-35(30)42-36-15-7-8-16-38(36)43-40(29)39(32)42/h1-24H. The van der Waals surface area contributed by atoms with Crippen molar-refractivity contribution in [2.45, 2.75) is 0 Å². The molecular weight excluding hydrogens is 524 g/mol. The SMILES string of the molecule is c1ccc2c(c1)Oc1c(-c3ccc(-n4c5ccccc5c5cc6ccccc6cc54)cc3)ccc3c4ccccc4n-2c13. The van der Waals surface area contributed by atoms with E-state index in [2.05, 4.69) is 149 Å². The van der Waals surface area contributed by atoms with Crippen LogP contribution in [0.15, 0.2) is 146 Å². The van der Waals surface area contributed by atoms with Crippen molar-refractivity contribution in [1.29, 1.82) is 0 Å². The van der Waals surface area contributed by atoms with Gasteiger partial charge < -0.3 is 13.9 Å². The number of ether oxygens (including phenoxy) is 1. The zero-order valence-electron chi connectivity index (χ0n) is 23.2.